The molecule has 0 aromatic rings. The van der Waals surface area contributed by atoms with Crippen molar-refractivity contribution in [2.24, 2.45) is 16.9 Å². The standard InChI is InChI=1S/C23H37N5O4/c1-8-12-26(16-18(25)29)21(32)23(7,11-4)28(14-10-3)20(31)22(5,6)17-27(13-9-2)19(30)15-24/h1-2H,10-17,24H2,3-7H3,(H2,25,29). The van der Waals surface area contributed by atoms with Crippen molar-refractivity contribution in [3.05, 3.63) is 0 Å². The average molecular weight is 448 g/mol. The molecule has 178 valence electrons. The first-order valence-corrected chi connectivity index (χ1v) is 10.6. The van der Waals surface area contributed by atoms with Gasteiger partial charge in [0.15, 0.2) is 0 Å². The fourth-order valence-electron chi connectivity index (χ4n) is 3.47. The molecule has 0 aliphatic heterocycles. The minimum absolute atomic E-state index is 0.0130. The van der Waals surface area contributed by atoms with E-state index in [4.69, 9.17) is 24.3 Å². The molecule has 0 aliphatic carbocycles. The molecule has 0 aromatic carbocycles. The van der Waals surface area contributed by atoms with Gasteiger partial charge in [0.25, 0.3) is 0 Å². The number of terminal acetylenes is 2. The summed E-state index contributed by atoms with van der Waals surface area (Å²) >= 11 is 0. The SMILES string of the molecule is C#CCN(CC(C)(C)C(=O)N(CCC)C(C)(CC)C(=O)N(CC#C)CC(N)=O)C(=O)CN. The van der Waals surface area contributed by atoms with Gasteiger partial charge in [0.1, 0.15) is 12.1 Å². The Kier molecular flexibility index (Phi) is 11.5. The molecule has 0 saturated carbocycles. The molecule has 32 heavy (non-hydrogen) atoms. The van der Waals surface area contributed by atoms with Gasteiger partial charge >= 0.3 is 0 Å². The first kappa shape index (κ1) is 29.0. The lowest BCUT2D eigenvalue weighted by Gasteiger charge is -2.45. The van der Waals surface area contributed by atoms with Gasteiger partial charge < -0.3 is 26.2 Å². The molecule has 0 saturated heterocycles. The Hall–Kier alpha value is -3.04. The first-order valence-electron chi connectivity index (χ1n) is 10.6. The third-order valence-corrected chi connectivity index (χ3v) is 5.33. The maximum Gasteiger partial charge on any atom is 0.249 e. The van der Waals surface area contributed by atoms with Crippen LogP contribution in [0, 0.1) is 30.1 Å². The van der Waals surface area contributed by atoms with Crippen molar-refractivity contribution in [2.45, 2.75) is 53.0 Å². The molecule has 1 unspecified atom stereocenters. The fourth-order valence-corrected chi connectivity index (χ4v) is 3.47. The van der Waals surface area contributed by atoms with Crippen LogP contribution in [0.4, 0.5) is 0 Å². The van der Waals surface area contributed by atoms with Gasteiger partial charge in [-0.25, -0.2) is 0 Å². The predicted molar refractivity (Wildman–Crippen MR) is 124 cm³/mol. The van der Waals surface area contributed by atoms with Crippen molar-refractivity contribution >= 4 is 23.6 Å². The Morgan fingerprint density at radius 2 is 1.47 bits per heavy atom. The number of primary amides is 1. The van der Waals surface area contributed by atoms with Crippen LogP contribution in [0.25, 0.3) is 0 Å². The molecule has 0 aliphatic rings. The summed E-state index contributed by atoms with van der Waals surface area (Å²) in [6.45, 7) is 8.34. The van der Waals surface area contributed by atoms with Crippen molar-refractivity contribution in [1.82, 2.24) is 14.7 Å². The molecule has 4 N–H and O–H groups in total. The van der Waals surface area contributed by atoms with E-state index < -0.39 is 22.8 Å². The smallest absolute Gasteiger partial charge is 0.249 e. The topological polar surface area (TPSA) is 130 Å². The molecule has 9 nitrogen and oxygen atoms in total. The van der Waals surface area contributed by atoms with Crippen molar-refractivity contribution in [3.63, 3.8) is 0 Å². The Balaban J connectivity index is 6.19. The third kappa shape index (κ3) is 7.28. The van der Waals surface area contributed by atoms with E-state index in [9.17, 15) is 19.2 Å². The maximum absolute atomic E-state index is 13.7. The Morgan fingerprint density at radius 3 is 1.88 bits per heavy atom. The van der Waals surface area contributed by atoms with Crippen LogP contribution in [0.1, 0.15) is 47.5 Å². The summed E-state index contributed by atoms with van der Waals surface area (Å²) in [5.74, 6) is 2.89. The zero-order valence-electron chi connectivity index (χ0n) is 19.9. The molecule has 1 atom stereocenters. The number of nitrogens with zero attached hydrogens (tertiary/aromatic N) is 3. The highest BCUT2D eigenvalue weighted by atomic mass is 16.2. The van der Waals surface area contributed by atoms with Crippen molar-refractivity contribution in [3.8, 4) is 24.7 Å². The summed E-state index contributed by atoms with van der Waals surface area (Å²) < 4.78 is 0. The van der Waals surface area contributed by atoms with Gasteiger partial charge in [-0.3, -0.25) is 19.2 Å². The summed E-state index contributed by atoms with van der Waals surface area (Å²) in [4.78, 5) is 54.9. The second-order valence-electron chi connectivity index (χ2n) is 8.46. The van der Waals surface area contributed by atoms with Crippen LogP contribution in [0.2, 0.25) is 0 Å². The van der Waals surface area contributed by atoms with E-state index in [0.717, 1.165) is 0 Å². The van der Waals surface area contributed by atoms with Crippen LogP contribution in [0.3, 0.4) is 0 Å². The van der Waals surface area contributed by atoms with Gasteiger partial charge in [0, 0.05) is 13.1 Å². The number of nitrogens with two attached hydrogens (primary N) is 2. The summed E-state index contributed by atoms with van der Waals surface area (Å²) in [6.07, 6.45) is 11.6. The molecule has 4 amide bonds. The monoisotopic (exact) mass is 447 g/mol. The molecule has 0 aromatic heterocycles. The highest BCUT2D eigenvalue weighted by molar-refractivity contribution is 5.95. The Bertz CT molecular complexity index is 780. The van der Waals surface area contributed by atoms with Gasteiger partial charge in [-0.1, -0.05) is 25.7 Å². The van der Waals surface area contributed by atoms with Crippen LogP contribution in [-0.4, -0.2) is 83.1 Å². The van der Waals surface area contributed by atoms with E-state index in [1.807, 2.05) is 6.92 Å². The number of hydrogen-bond acceptors (Lipinski definition) is 5. The van der Waals surface area contributed by atoms with Crippen LogP contribution >= 0.6 is 0 Å². The van der Waals surface area contributed by atoms with E-state index >= 15 is 0 Å². The summed E-state index contributed by atoms with van der Waals surface area (Å²) in [5.41, 5.74) is 8.43. The Morgan fingerprint density at radius 1 is 0.938 bits per heavy atom. The molecule has 0 radical (unpaired) electrons. The lowest BCUT2D eigenvalue weighted by Crippen LogP contribution is -2.63. The van der Waals surface area contributed by atoms with Gasteiger partial charge in [-0.2, -0.15) is 0 Å². The number of carbonyl (C=O) groups excluding carboxylic acids is 4. The van der Waals surface area contributed by atoms with Crippen LogP contribution in [-0.2, 0) is 19.2 Å². The lowest BCUT2D eigenvalue weighted by molar-refractivity contribution is -0.160. The van der Waals surface area contributed by atoms with Crippen LogP contribution in [0.5, 0.6) is 0 Å². The van der Waals surface area contributed by atoms with Crippen molar-refractivity contribution in [1.29, 1.82) is 0 Å². The van der Waals surface area contributed by atoms with E-state index in [0.29, 0.717) is 13.0 Å². The van der Waals surface area contributed by atoms with Gasteiger partial charge in [-0.05, 0) is 33.6 Å². The molecule has 0 rings (SSSR count). The van der Waals surface area contributed by atoms with E-state index in [1.165, 1.54) is 14.7 Å². The number of hydrogen-bond donors (Lipinski definition) is 2. The fraction of sp³-hybridized carbons (Fsp3) is 0.652. The van der Waals surface area contributed by atoms with Gasteiger partial charge in [0.2, 0.25) is 23.6 Å². The largest absolute Gasteiger partial charge is 0.368 e. The van der Waals surface area contributed by atoms with Crippen LogP contribution < -0.4 is 11.5 Å². The van der Waals surface area contributed by atoms with Gasteiger partial charge in [-0.15, -0.1) is 12.8 Å². The lowest BCUT2D eigenvalue weighted by atomic mass is 9.85. The highest BCUT2D eigenvalue weighted by Gasteiger charge is 2.47. The van der Waals surface area contributed by atoms with Crippen molar-refractivity contribution < 1.29 is 19.2 Å². The molecule has 0 spiro atoms. The molecular weight excluding hydrogens is 410 g/mol. The molecule has 9 heteroatoms. The Labute approximate surface area is 191 Å². The minimum Gasteiger partial charge on any atom is -0.368 e. The zero-order chi connectivity index (χ0) is 25.1. The second kappa shape index (κ2) is 12.7. The quantitative estimate of drug-likeness (QED) is 0.377. The zero-order valence-corrected chi connectivity index (χ0v) is 19.9. The van der Waals surface area contributed by atoms with E-state index in [2.05, 4.69) is 11.8 Å². The highest BCUT2D eigenvalue weighted by Crippen LogP contribution is 2.30. The maximum atomic E-state index is 13.7. The first-order chi connectivity index (χ1) is 14.9. The molecule has 0 heterocycles. The average Bonchev–Trinajstić information content (AvgIpc) is 2.74. The molecule has 0 bridgehead atoms. The van der Waals surface area contributed by atoms with E-state index in [1.54, 1.807) is 27.7 Å². The number of amides is 4. The number of carbonyl (C=O) groups is 4. The third-order valence-electron chi connectivity index (χ3n) is 5.33. The predicted octanol–water partition coefficient (Wildman–Crippen LogP) is -0.212. The normalized spacial score (nSPS) is 12.6. The summed E-state index contributed by atoms with van der Waals surface area (Å²) in [6, 6.07) is 0. The van der Waals surface area contributed by atoms with Gasteiger partial charge in [0.05, 0.1) is 25.0 Å². The number of rotatable bonds is 13. The summed E-state index contributed by atoms with van der Waals surface area (Å²) in [7, 11) is 0. The van der Waals surface area contributed by atoms with E-state index in [-0.39, 0.29) is 51.0 Å². The van der Waals surface area contributed by atoms with Crippen molar-refractivity contribution in [2.75, 3.05) is 39.3 Å². The summed E-state index contributed by atoms with van der Waals surface area (Å²) in [5, 5.41) is 0. The molecule has 0 fully saturated rings. The van der Waals surface area contributed by atoms with Crippen LogP contribution in [0.15, 0.2) is 0 Å². The minimum atomic E-state index is -1.27. The molecular formula is C23H37N5O4. The second-order valence-corrected chi connectivity index (χ2v) is 8.46.